The average Bonchev–Trinajstić information content (AvgIpc) is 2.36. The highest BCUT2D eigenvalue weighted by Gasteiger charge is 2.05. The number of benzene rings is 1. The molecule has 4 nitrogen and oxygen atoms in total. The second-order valence-electron chi connectivity index (χ2n) is 3.96. The fourth-order valence-corrected chi connectivity index (χ4v) is 1.49. The molecular weight excluding hydrogens is 266 g/mol. The van der Waals surface area contributed by atoms with Gasteiger partial charge in [-0.1, -0.05) is 12.0 Å². The largest absolute Gasteiger partial charge is 0.493 e. The summed E-state index contributed by atoms with van der Waals surface area (Å²) < 4.78 is 10.6. The third-order valence-electron chi connectivity index (χ3n) is 2.31. The van der Waals surface area contributed by atoms with Crippen molar-refractivity contribution in [3.05, 3.63) is 23.8 Å². The van der Waals surface area contributed by atoms with Gasteiger partial charge in [0.1, 0.15) is 6.61 Å². The molecular formula is C14H20ClNO3. The first kappa shape index (κ1) is 17.6. The number of hydrogen-bond donors (Lipinski definition) is 2. The van der Waals surface area contributed by atoms with E-state index in [2.05, 4.69) is 11.2 Å². The van der Waals surface area contributed by atoms with Crippen LogP contribution >= 0.6 is 12.4 Å². The Morgan fingerprint density at radius 3 is 2.74 bits per heavy atom. The van der Waals surface area contributed by atoms with Crippen LogP contribution in [-0.4, -0.2) is 31.5 Å². The molecule has 19 heavy (non-hydrogen) atoms. The molecule has 0 heterocycles. The minimum atomic E-state index is -0.356. The Bertz CT molecular complexity index is 416. The van der Waals surface area contributed by atoms with Crippen LogP contribution in [0.2, 0.25) is 0 Å². The number of aliphatic hydroxyl groups is 1. The first-order valence-electron chi connectivity index (χ1n) is 5.79. The summed E-state index contributed by atoms with van der Waals surface area (Å²) in [6.07, 6.45) is 4.79. The van der Waals surface area contributed by atoms with E-state index in [9.17, 15) is 0 Å². The second kappa shape index (κ2) is 9.51. The standard InChI is InChI=1S/C14H19NO3.ClH/c1-4-7-18-13-6-5-12(8-14(13)17-3)10-15-9-11(2)16;/h1,5-6,8,11,15-16H,7,9-10H2,2-3H3;1H. The zero-order valence-corrected chi connectivity index (χ0v) is 12.0. The van der Waals surface area contributed by atoms with Crippen molar-refractivity contribution < 1.29 is 14.6 Å². The highest BCUT2D eigenvalue weighted by atomic mass is 35.5. The third kappa shape index (κ3) is 6.35. The molecule has 106 valence electrons. The molecule has 0 aromatic heterocycles. The summed E-state index contributed by atoms with van der Waals surface area (Å²) >= 11 is 0. The Kier molecular flexibility index (Phi) is 8.81. The molecule has 0 saturated heterocycles. The van der Waals surface area contributed by atoms with E-state index >= 15 is 0 Å². The molecule has 0 aliphatic rings. The lowest BCUT2D eigenvalue weighted by molar-refractivity contribution is 0.191. The quantitative estimate of drug-likeness (QED) is 0.747. The summed E-state index contributed by atoms with van der Waals surface area (Å²) in [5, 5.41) is 12.3. The zero-order chi connectivity index (χ0) is 13.4. The van der Waals surface area contributed by atoms with Gasteiger partial charge >= 0.3 is 0 Å². The topological polar surface area (TPSA) is 50.7 Å². The van der Waals surface area contributed by atoms with Crippen molar-refractivity contribution in [2.75, 3.05) is 20.3 Å². The van der Waals surface area contributed by atoms with Crippen molar-refractivity contribution in [3.8, 4) is 23.8 Å². The molecule has 1 aromatic rings. The summed E-state index contributed by atoms with van der Waals surface area (Å²) in [4.78, 5) is 0. The van der Waals surface area contributed by atoms with E-state index in [0.29, 0.717) is 24.6 Å². The first-order valence-corrected chi connectivity index (χ1v) is 5.79. The molecule has 0 bridgehead atoms. The number of nitrogens with one attached hydrogen (secondary N) is 1. The lowest BCUT2D eigenvalue weighted by Crippen LogP contribution is -2.23. The molecule has 2 N–H and O–H groups in total. The van der Waals surface area contributed by atoms with E-state index in [0.717, 1.165) is 5.56 Å². The van der Waals surface area contributed by atoms with Gasteiger partial charge in [-0.05, 0) is 24.6 Å². The highest BCUT2D eigenvalue weighted by Crippen LogP contribution is 2.27. The Balaban J connectivity index is 0.00000324. The van der Waals surface area contributed by atoms with E-state index in [4.69, 9.17) is 21.0 Å². The Hall–Kier alpha value is -1.41. The predicted molar refractivity (Wildman–Crippen MR) is 78.0 cm³/mol. The molecule has 1 aromatic carbocycles. The summed E-state index contributed by atoms with van der Waals surface area (Å²) in [5.41, 5.74) is 1.06. The van der Waals surface area contributed by atoms with Crippen molar-refractivity contribution >= 4 is 12.4 Å². The van der Waals surface area contributed by atoms with Gasteiger partial charge in [0, 0.05) is 13.1 Å². The normalized spacial score (nSPS) is 11.1. The lowest BCUT2D eigenvalue weighted by Gasteiger charge is -2.11. The van der Waals surface area contributed by atoms with Gasteiger partial charge in [0.15, 0.2) is 11.5 Å². The minimum absolute atomic E-state index is 0. The van der Waals surface area contributed by atoms with Crippen LogP contribution in [0.5, 0.6) is 11.5 Å². The van der Waals surface area contributed by atoms with Gasteiger partial charge in [-0.25, -0.2) is 0 Å². The fraction of sp³-hybridized carbons (Fsp3) is 0.429. The monoisotopic (exact) mass is 285 g/mol. The summed E-state index contributed by atoms with van der Waals surface area (Å²) in [5.74, 6) is 3.70. The average molecular weight is 286 g/mol. The molecule has 5 heteroatoms. The van der Waals surface area contributed by atoms with Gasteiger partial charge in [-0.2, -0.15) is 0 Å². The number of rotatable bonds is 7. The minimum Gasteiger partial charge on any atom is -0.493 e. The van der Waals surface area contributed by atoms with Gasteiger partial charge < -0.3 is 19.9 Å². The number of methoxy groups -OCH3 is 1. The molecule has 1 unspecified atom stereocenters. The molecule has 0 spiro atoms. The highest BCUT2D eigenvalue weighted by molar-refractivity contribution is 5.85. The van der Waals surface area contributed by atoms with Crippen molar-refractivity contribution in [2.45, 2.75) is 19.6 Å². The van der Waals surface area contributed by atoms with Crippen LogP contribution in [0.3, 0.4) is 0 Å². The number of hydrogen-bond acceptors (Lipinski definition) is 4. The SMILES string of the molecule is C#CCOc1ccc(CNCC(C)O)cc1OC.Cl. The number of halogens is 1. The first-order chi connectivity index (χ1) is 8.67. The van der Waals surface area contributed by atoms with Crippen LogP contribution in [0.4, 0.5) is 0 Å². The molecule has 0 fully saturated rings. The maximum absolute atomic E-state index is 9.15. The number of terminal acetylenes is 1. The molecule has 0 saturated carbocycles. The van der Waals surface area contributed by atoms with Gasteiger partial charge in [0.2, 0.25) is 0 Å². The van der Waals surface area contributed by atoms with Crippen molar-refractivity contribution in [2.24, 2.45) is 0 Å². The molecule has 0 amide bonds. The second-order valence-corrected chi connectivity index (χ2v) is 3.96. The van der Waals surface area contributed by atoms with Gasteiger partial charge in [0.05, 0.1) is 13.2 Å². The Morgan fingerprint density at radius 2 is 2.16 bits per heavy atom. The summed E-state index contributed by atoms with van der Waals surface area (Å²) in [7, 11) is 1.59. The molecule has 1 rings (SSSR count). The molecule has 0 radical (unpaired) electrons. The maximum atomic E-state index is 9.15. The Labute approximate surface area is 120 Å². The van der Waals surface area contributed by atoms with Crippen LogP contribution in [0.15, 0.2) is 18.2 Å². The van der Waals surface area contributed by atoms with E-state index < -0.39 is 0 Å². The van der Waals surface area contributed by atoms with Crippen LogP contribution in [-0.2, 0) is 6.54 Å². The van der Waals surface area contributed by atoms with E-state index in [-0.39, 0.29) is 25.1 Å². The van der Waals surface area contributed by atoms with E-state index in [1.807, 2.05) is 18.2 Å². The van der Waals surface area contributed by atoms with Crippen LogP contribution in [0, 0.1) is 12.3 Å². The third-order valence-corrected chi connectivity index (χ3v) is 2.31. The van der Waals surface area contributed by atoms with Gasteiger partial charge in [-0.3, -0.25) is 0 Å². The van der Waals surface area contributed by atoms with Crippen LogP contribution in [0.1, 0.15) is 12.5 Å². The number of aliphatic hydroxyl groups excluding tert-OH is 1. The number of ether oxygens (including phenoxy) is 2. The Morgan fingerprint density at radius 1 is 1.42 bits per heavy atom. The summed E-state index contributed by atoms with van der Waals surface area (Å²) in [6.45, 7) is 3.18. The molecule has 0 aliphatic heterocycles. The van der Waals surface area contributed by atoms with Crippen molar-refractivity contribution in [3.63, 3.8) is 0 Å². The van der Waals surface area contributed by atoms with Crippen molar-refractivity contribution in [1.82, 2.24) is 5.32 Å². The van der Waals surface area contributed by atoms with Crippen LogP contribution in [0.25, 0.3) is 0 Å². The van der Waals surface area contributed by atoms with Crippen molar-refractivity contribution in [1.29, 1.82) is 0 Å². The molecule has 1 atom stereocenters. The molecule has 0 aliphatic carbocycles. The van der Waals surface area contributed by atoms with E-state index in [1.54, 1.807) is 14.0 Å². The maximum Gasteiger partial charge on any atom is 0.162 e. The lowest BCUT2D eigenvalue weighted by atomic mass is 10.2. The van der Waals surface area contributed by atoms with Crippen LogP contribution < -0.4 is 14.8 Å². The van der Waals surface area contributed by atoms with Gasteiger partial charge in [0.25, 0.3) is 0 Å². The summed E-state index contributed by atoms with van der Waals surface area (Å²) in [6, 6.07) is 5.65. The fourth-order valence-electron chi connectivity index (χ4n) is 1.49. The smallest absolute Gasteiger partial charge is 0.162 e. The predicted octanol–water partition coefficient (Wildman–Crippen LogP) is 1.60. The van der Waals surface area contributed by atoms with Gasteiger partial charge in [-0.15, -0.1) is 18.8 Å². The zero-order valence-electron chi connectivity index (χ0n) is 11.2. The van der Waals surface area contributed by atoms with E-state index in [1.165, 1.54) is 0 Å².